The first-order valence-corrected chi connectivity index (χ1v) is 7.04. The van der Waals surface area contributed by atoms with Crippen molar-refractivity contribution in [2.75, 3.05) is 19.6 Å². The van der Waals surface area contributed by atoms with Gasteiger partial charge in [0.25, 0.3) is 0 Å². The van der Waals surface area contributed by atoms with Gasteiger partial charge in [0.1, 0.15) is 12.6 Å². The van der Waals surface area contributed by atoms with E-state index in [1.807, 2.05) is 24.3 Å². The molecule has 1 aromatic carbocycles. The standard InChI is InChI=1S/C14H19ClN2O2/c15-13-5-2-1-4-11(13)8-16-9-12(18)10-17-7-3-6-14(17)19/h1-2,4-5,12,16,18H,3,6-10H2/p+1. The summed E-state index contributed by atoms with van der Waals surface area (Å²) in [5.41, 5.74) is 1.01. The Kier molecular flexibility index (Phi) is 5.34. The number of quaternary nitrogens is 1. The maximum Gasteiger partial charge on any atom is 0.312 e. The minimum Gasteiger partial charge on any atom is -0.386 e. The Balaban J connectivity index is 1.70. The van der Waals surface area contributed by atoms with Crippen LogP contribution in [0.15, 0.2) is 24.3 Å². The number of carbonyl (C=O) groups excluding carboxylic acids is 1. The van der Waals surface area contributed by atoms with Gasteiger partial charge in [0.05, 0.1) is 13.0 Å². The second-order valence-electron chi connectivity index (χ2n) is 4.96. The van der Waals surface area contributed by atoms with Gasteiger partial charge in [-0.15, -0.1) is 0 Å². The molecule has 1 aliphatic heterocycles. The Morgan fingerprint density at radius 1 is 1.42 bits per heavy atom. The largest absolute Gasteiger partial charge is 0.386 e. The van der Waals surface area contributed by atoms with Gasteiger partial charge in [-0.1, -0.05) is 29.8 Å². The summed E-state index contributed by atoms with van der Waals surface area (Å²) in [7, 11) is 0. The minimum atomic E-state index is -0.500. The van der Waals surface area contributed by atoms with Crippen molar-refractivity contribution in [3.05, 3.63) is 34.9 Å². The molecule has 1 heterocycles. The third kappa shape index (κ3) is 4.28. The van der Waals surface area contributed by atoms with E-state index in [9.17, 15) is 9.90 Å². The molecular formula is C14H20ClN2O2+. The maximum atomic E-state index is 11.5. The number of rotatable bonds is 6. The van der Waals surface area contributed by atoms with Crippen LogP contribution in [0.1, 0.15) is 18.4 Å². The van der Waals surface area contributed by atoms with Crippen molar-refractivity contribution < 1.29 is 14.8 Å². The van der Waals surface area contributed by atoms with Gasteiger partial charge in [0, 0.05) is 24.5 Å². The highest BCUT2D eigenvalue weighted by atomic mass is 35.5. The number of aliphatic hydroxyl groups excluding tert-OH is 1. The van der Waals surface area contributed by atoms with Crippen LogP contribution in [-0.2, 0) is 11.3 Å². The molecular weight excluding hydrogens is 264 g/mol. The Bertz CT molecular complexity index is 439. The molecule has 2 rings (SSSR count). The van der Waals surface area contributed by atoms with Gasteiger partial charge in [-0.25, -0.2) is 4.79 Å². The number of carbonyl (C=O) groups is 1. The molecule has 2 atom stereocenters. The average Bonchev–Trinajstić information content (AvgIpc) is 2.77. The highest BCUT2D eigenvalue weighted by Crippen LogP contribution is 2.14. The first-order valence-electron chi connectivity index (χ1n) is 6.67. The maximum absolute atomic E-state index is 11.5. The van der Waals surface area contributed by atoms with Crippen molar-refractivity contribution in [2.45, 2.75) is 25.5 Å². The molecule has 0 radical (unpaired) electrons. The van der Waals surface area contributed by atoms with E-state index >= 15 is 0 Å². The van der Waals surface area contributed by atoms with E-state index in [4.69, 9.17) is 11.6 Å². The molecule has 1 amide bonds. The Labute approximate surface area is 118 Å². The van der Waals surface area contributed by atoms with E-state index in [2.05, 4.69) is 5.32 Å². The van der Waals surface area contributed by atoms with Crippen molar-refractivity contribution in [1.29, 1.82) is 0 Å². The molecule has 1 fully saturated rings. The molecule has 1 saturated heterocycles. The first kappa shape index (κ1) is 14.5. The van der Waals surface area contributed by atoms with E-state index in [1.165, 1.54) is 0 Å². The summed E-state index contributed by atoms with van der Waals surface area (Å²) in [5, 5.41) is 13.8. The number of halogens is 1. The lowest BCUT2D eigenvalue weighted by Gasteiger charge is -2.16. The monoisotopic (exact) mass is 283 g/mol. The summed E-state index contributed by atoms with van der Waals surface area (Å²) in [6.07, 6.45) is 1.09. The van der Waals surface area contributed by atoms with Gasteiger partial charge in [-0.2, -0.15) is 0 Å². The Morgan fingerprint density at radius 3 is 2.89 bits per heavy atom. The molecule has 0 spiro atoms. The number of nitrogens with one attached hydrogen (secondary N) is 2. The third-order valence-electron chi connectivity index (χ3n) is 3.41. The van der Waals surface area contributed by atoms with E-state index in [0.29, 0.717) is 26.1 Å². The number of aliphatic hydroxyl groups is 1. The Morgan fingerprint density at radius 2 is 2.21 bits per heavy atom. The van der Waals surface area contributed by atoms with Gasteiger partial charge in [-0.05, 0) is 11.6 Å². The van der Waals surface area contributed by atoms with Gasteiger partial charge < -0.3 is 10.4 Å². The normalized spacial score (nSPS) is 20.7. The van der Waals surface area contributed by atoms with Crippen LogP contribution < -0.4 is 10.2 Å². The van der Waals surface area contributed by atoms with Crippen molar-refractivity contribution in [3.8, 4) is 0 Å². The lowest BCUT2D eigenvalue weighted by molar-refractivity contribution is -0.815. The van der Waals surface area contributed by atoms with Gasteiger partial charge >= 0.3 is 5.91 Å². The van der Waals surface area contributed by atoms with Gasteiger partial charge in [0.2, 0.25) is 0 Å². The highest BCUT2D eigenvalue weighted by Gasteiger charge is 2.27. The predicted molar refractivity (Wildman–Crippen MR) is 74.1 cm³/mol. The molecule has 0 bridgehead atoms. The van der Waals surface area contributed by atoms with Crippen LogP contribution in [0.25, 0.3) is 0 Å². The highest BCUT2D eigenvalue weighted by molar-refractivity contribution is 6.31. The van der Waals surface area contributed by atoms with Crippen LogP contribution in [0.4, 0.5) is 0 Å². The van der Waals surface area contributed by atoms with E-state index < -0.39 is 6.10 Å². The van der Waals surface area contributed by atoms with Crippen molar-refractivity contribution in [1.82, 2.24) is 5.32 Å². The molecule has 0 aromatic heterocycles. The number of hydrogen-bond donors (Lipinski definition) is 3. The smallest absolute Gasteiger partial charge is 0.312 e. The molecule has 2 unspecified atom stereocenters. The van der Waals surface area contributed by atoms with E-state index in [-0.39, 0.29) is 5.91 Å². The summed E-state index contributed by atoms with van der Waals surface area (Å²) >= 11 is 6.04. The zero-order valence-corrected chi connectivity index (χ0v) is 11.6. The molecule has 0 saturated carbocycles. The molecule has 104 valence electrons. The van der Waals surface area contributed by atoms with Crippen LogP contribution in [0, 0.1) is 0 Å². The topological polar surface area (TPSA) is 53.8 Å². The minimum absolute atomic E-state index is 0.227. The van der Waals surface area contributed by atoms with E-state index in [0.717, 1.165) is 28.5 Å². The molecule has 3 N–H and O–H groups in total. The van der Waals surface area contributed by atoms with Crippen LogP contribution in [0.2, 0.25) is 5.02 Å². The van der Waals surface area contributed by atoms with Crippen LogP contribution in [0.5, 0.6) is 0 Å². The SMILES string of the molecule is O=C1CCC[NH+]1CC(O)CNCc1ccccc1Cl. The van der Waals surface area contributed by atoms with E-state index in [1.54, 1.807) is 0 Å². The quantitative estimate of drug-likeness (QED) is 0.689. The van der Waals surface area contributed by atoms with Gasteiger partial charge in [-0.3, -0.25) is 4.90 Å². The summed E-state index contributed by atoms with van der Waals surface area (Å²) in [6.45, 7) is 2.44. The molecule has 4 nitrogen and oxygen atoms in total. The lowest BCUT2D eigenvalue weighted by Crippen LogP contribution is -3.13. The first-order chi connectivity index (χ1) is 9.16. The van der Waals surface area contributed by atoms with Crippen molar-refractivity contribution in [3.63, 3.8) is 0 Å². The summed E-state index contributed by atoms with van der Waals surface area (Å²) in [4.78, 5) is 12.4. The fourth-order valence-corrected chi connectivity index (χ4v) is 2.57. The lowest BCUT2D eigenvalue weighted by atomic mass is 10.2. The second-order valence-corrected chi connectivity index (χ2v) is 5.37. The second kappa shape index (κ2) is 7.01. The summed E-state index contributed by atoms with van der Waals surface area (Å²) in [5.74, 6) is 0.227. The van der Waals surface area contributed by atoms with Crippen molar-refractivity contribution >= 4 is 17.5 Å². The number of amides is 1. The summed E-state index contributed by atoms with van der Waals surface area (Å²) in [6, 6.07) is 7.63. The fourth-order valence-electron chi connectivity index (χ4n) is 2.37. The predicted octanol–water partition coefficient (Wildman–Crippen LogP) is -0.00420. The average molecular weight is 284 g/mol. The molecule has 19 heavy (non-hydrogen) atoms. The van der Waals surface area contributed by atoms with Crippen LogP contribution >= 0.6 is 11.6 Å². The van der Waals surface area contributed by atoms with Gasteiger partial charge in [0.15, 0.2) is 0 Å². The zero-order valence-electron chi connectivity index (χ0n) is 10.9. The molecule has 5 heteroatoms. The number of hydrogen-bond acceptors (Lipinski definition) is 3. The Hall–Kier alpha value is -0.940. The summed E-state index contributed by atoms with van der Waals surface area (Å²) < 4.78 is 0. The van der Waals surface area contributed by atoms with Crippen LogP contribution in [-0.4, -0.2) is 36.8 Å². The molecule has 1 aliphatic rings. The number of benzene rings is 1. The third-order valence-corrected chi connectivity index (χ3v) is 3.78. The molecule has 0 aliphatic carbocycles. The zero-order chi connectivity index (χ0) is 13.7. The van der Waals surface area contributed by atoms with Crippen LogP contribution in [0.3, 0.4) is 0 Å². The number of likely N-dealkylation sites (tertiary alicyclic amines) is 1. The fraction of sp³-hybridized carbons (Fsp3) is 0.500. The molecule has 1 aromatic rings. The van der Waals surface area contributed by atoms with Crippen molar-refractivity contribution in [2.24, 2.45) is 0 Å².